The molecule has 144 valence electrons. The number of hydrogen-bond donors (Lipinski definition) is 1. The second-order valence-corrected chi connectivity index (χ2v) is 6.33. The molecule has 1 atom stereocenters. The molecule has 0 heterocycles. The van der Waals surface area contributed by atoms with Crippen LogP contribution in [0.3, 0.4) is 0 Å². The molecule has 2 rings (SSSR count). The van der Waals surface area contributed by atoms with E-state index < -0.39 is 29.7 Å². The fourth-order valence-corrected chi connectivity index (χ4v) is 2.43. The Kier molecular flexibility index (Phi) is 6.25. The Morgan fingerprint density at radius 1 is 0.963 bits per heavy atom. The topological polar surface area (TPSA) is 55.4 Å². The third-order valence-electron chi connectivity index (χ3n) is 3.75. The van der Waals surface area contributed by atoms with Gasteiger partial charge in [0.25, 0.3) is 5.91 Å². The molecule has 0 fully saturated rings. The van der Waals surface area contributed by atoms with Crippen molar-refractivity contribution in [3.63, 3.8) is 0 Å². The predicted molar refractivity (Wildman–Crippen MR) is 95.0 cm³/mol. The van der Waals surface area contributed by atoms with Crippen LogP contribution >= 0.6 is 0 Å². The highest BCUT2D eigenvalue weighted by Crippen LogP contribution is 2.32. The van der Waals surface area contributed by atoms with E-state index in [9.17, 15) is 22.8 Å². The van der Waals surface area contributed by atoms with Crippen molar-refractivity contribution in [3.05, 3.63) is 59.7 Å². The molecule has 0 saturated heterocycles. The third kappa shape index (κ3) is 5.32. The van der Waals surface area contributed by atoms with Gasteiger partial charge < -0.3 is 10.1 Å². The lowest BCUT2D eigenvalue weighted by Crippen LogP contribution is -2.39. The SMILES string of the molecule is CC(C)NC(=O)C(C)OC(=O)c1ccccc1-c1ccc(C(F)(F)F)cc1. The first kappa shape index (κ1) is 20.5. The molecule has 0 spiro atoms. The summed E-state index contributed by atoms with van der Waals surface area (Å²) in [6.45, 7) is 5.02. The van der Waals surface area contributed by atoms with Gasteiger partial charge in [0.1, 0.15) is 0 Å². The van der Waals surface area contributed by atoms with E-state index in [1.54, 1.807) is 32.0 Å². The smallest absolute Gasteiger partial charge is 0.416 e. The minimum absolute atomic E-state index is 0.0990. The number of halogens is 3. The fourth-order valence-electron chi connectivity index (χ4n) is 2.43. The van der Waals surface area contributed by atoms with Gasteiger partial charge in [-0.15, -0.1) is 0 Å². The van der Waals surface area contributed by atoms with Gasteiger partial charge in [-0.1, -0.05) is 30.3 Å². The average Bonchev–Trinajstić information content (AvgIpc) is 2.60. The van der Waals surface area contributed by atoms with Crippen molar-refractivity contribution in [2.75, 3.05) is 0 Å². The number of nitrogens with one attached hydrogen (secondary N) is 1. The second-order valence-electron chi connectivity index (χ2n) is 6.33. The molecule has 0 aliphatic carbocycles. The summed E-state index contributed by atoms with van der Waals surface area (Å²) in [5.74, 6) is -1.15. The van der Waals surface area contributed by atoms with E-state index in [0.29, 0.717) is 11.1 Å². The number of carbonyl (C=O) groups excluding carboxylic acids is 2. The highest BCUT2D eigenvalue weighted by atomic mass is 19.4. The molecule has 1 unspecified atom stereocenters. The summed E-state index contributed by atoms with van der Waals surface area (Å²) >= 11 is 0. The monoisotopic (exact) mass is 379 g/mol. The van der Waals surface area contributed by atoms with Crippen molar-refractivity contribution < 1.29 is 27.5 Å². The molecule has 27 heavy (non-hydrogen) atoms. The molecule has 4 nitrogen and oxygen atoms in total. The van der Waals surface area contributed by atoms with Gasteiger partial charge in [0.05, 0.1) is 11.1 Å². The minimum Gasteiger partial charge on any atom is -0.449 e. The molecule has 2 aromatic rings. The Morgan fingerprint density at radius 3 is 2.11 bits per heavy atom. The summed E-state index contributed by atoms with van der Waals surface area (Å²) in [6.07, 6.45) is -5.43. The van der Waals surface area contributed by atoms with E-state index in [4.69, 9.17) is 4.74 Å². The first-order valence-electron chi connectivity index (χ1n) is 8.37. The van der Waals surface area contributed by atoms with Gasteiger partial charge in [-0.2, -0.15) is 13.2 Å². The van der Waals surface area contributed by atoms with Gasteiger partial charge in [0.15, 0.2) is 6.10 Å². The molecule has 0 aliphatic rings. The highest BCUT2D eigenvalue weighted by Gasteiger charge is 2.30. The van der Waals surface area contributed by atoms with Crippen LogP contribution in [0.5, 0.6) is 0 Å². The zero-order valence-electron chi connectivity index (χ0n) is 15.1. The van der Waals surface area contributed by atoms with Crippen LogP contribution in [0.25, 0.3) is 11.1 Å². The summed E-state index contributed by atoms with van der Waals surface area (Å²) in [5.41, 5.74) is 0.259. The molecule has 1 N–H and O–H groups in total. The lowest BCUT2D eigenvalue weighted by Gasteiger charge is -2.16. The lowest BCUT2D eigenvalue weighted by molar-refractivity contribution is -0.137. The second kappa shape index (κ2) is 8.24. The number of ether oxygens (including phenoxy) is 1. The quantitative estimate of drug-likeness (QED) is 0.782. The van der Waals surface area contributed by atoms with Crippen molar-refractivity contribution in [1.82, 2.24) is 5.32 Å². The zero-order chi connectivity index (χ0) is 20.2. The summed E-state index contributed by atoms with van der Waals surface area (Å²) in [5, 5.41) is 2.64. The van der Waals surface area contributed by atoms with Crippen LogP contribution in [0.15, 0.2) is 48.5 Å². The summed E-state index contributed by atoms with van der Waals surface area (Å²) < 4.78 is 43.4. The van der Waals surface area contributed by atoms with Crippen LogP contribution in [-0.4, -0.2) is 24.0 Å². The van der Waals surface area contributed by atoms with Crippen molar-refractivity contribution >= 4 is 11.9 Å². The molecule has 0 aromatic heterocycles. The molecule has 1 amide bonds. The summed E-state index contributed by atoms with van der Waals surface area (Å²) in [6, 6.07) is 10.8. The van der Waals surface area contributed by atoms with E-state index in [1.807, 2.05) is 0 Å². The standard InChI is InChI=1S/C20H20F3NO3/c1-12(2)24-18(25)13(3)27-19(26)17-7-5-4-6-16(17)14-8-10-15(11-9-14)20(21,22)23/h4-13H,1-3H3,(H,24,25). The number of carbonyl (C=O) groups is 2. The molecule has 0 aliphatic heterocycles. The number of hydrogen-bond acceptors (Lipinski definition) is 3. The van der Waals surface area contributed by atoms with Crippen molar-refractivity contribution in [2.45, 2.75) is 39.1 Å². The highest BCUT2D eigenvalue weighted by molar-refractivity contribution is 5.98. The van der Waals surface area contributed by atoms with Crippen molar-refractivity contribution in [3.8, 4) is 11.1 Å². The van der Waals surface area contributed by atoms with Gasteiger partial charge in [-0.05, 0) is 50.1 Å². The zero-order valence-corrected chi connectivity index (χ0v) is 15.1. The summed E-state index contributed by atoms with van der Waals surface area (Å²) in [7, 11) is 0. The lowest BCUT2D eigenvalue weighted by atomic mass is 9.98. The van der Waals surface area contributed by atoms with Gasteiger partial charge in [0.2, 0.25) is 0 Å². The minimum atomic E-state index is -4.43. The van der Waals surface area contributed by atoms with Crippen LogP contribution in [-0.2, 0) is 15.7 Å². The maximum Gasteiger partial charge on any atom is 0.416 e. The number of amides is 1. The van der Waals surface area contributed by atoms with Gasteiger partial charge in [-0.3, -0.25) is 4.79 Å². The van der Waals surface area contributed by atoms with Gasteiger partial charge in [0, 0.05) is 6.04 Å². The van der Waals surface area contributed by atoms with Crippen molar-refractivity contribution in [2.24, 2.45) is 0 Å². The van der Waals surface area contributed by atoms with Crippen LogP contribution in [0.4, 0.5) is 13.2 Å². The molecule has 7 heteroatoms. The molecular weight excluding hydrogens is 359 g/mol. The number of rotatable bonds is 5. The first-order chi connectivity index (χ1) is 12.6. The van der Waals surface area contributed by atoms with Crippen LogP contribution < -0.4 is 5.32 Å². The molecule has 0 bridgehead atoms. The summed E-state index contributed by atoms with van der Waals surface area (Å²) in [4.78, 5) is 24.4. The Morgan fingerprint density at radius 2 is 1.56 bits per heavy atom. The Bertz CT molecular complexity index is 814. The number of esters is 1. The largest absolute Gasteiger partial charge is 0.449 e. The van der Waals surface area contributed by atoms with E-state index in [2.05, 4.69) is 5.32 Å². The van der Waals surface area contributed by atoms with Gasteiger partial charge in [-0.25, -0.2) is 4.79 Å². The fraction of sp³-hybridized carbons (Fsp3) is 0.300. The maximum atomic E-state index is 12.7. The number of benzene rings is 2. The van der Waals surface area contributed by atoms with E-state index in [-0.39, 0.29) is 11.6 Å². The Labute approximate surface area is 155 Å². The van der Waals surface area contributed by atoms with Crippen LogP contribution in [0.1, 0.15) is 36.7 Å². The average molecular weight is 379 g/mol. The molecule has 0 radical (unpaired) electrons. The van der Waals surface area contributed by atoms with Crippen LogP contribution in [0, 0.1) is 0 Å². The number of alkyl halides is 3. The van der Waals surface area contributed by atoms with Crippen LogP contribution in [0.2, 0.25) is 0 Å². The normalized spacial score (nSPS) is 12.6. The Balaban J connectivity index is 2.25. The molecule has 0 saturated carbocycles. The van der Waals surface area contributed by atoms with E-state index in [1.165, 1.54) is 25.1 Å². The van der Waals surface area contributed by atoms with Crippen molar-refractivity contribution in [1.29, 1.82) is 0 Å². The Hall–Kier alpha value is -2.83. The molecular formula is C20H20F3NO3. The predicted octanol–water partition coefficient (Wildman–Crippen LogP) is 4.44. The van der Waals surface area contributed by atoms with E-state index in [0.717, 1.165) is 12.1 Å². The van der Waals surface area contributed by atoms with E-state index >= 15 is 0 Å². The third-order valence-corrected chi connectivity index (χ3v) is 3.75. The first-order valence-corrected chi connectivity index (χ1v) is 8.37. The maximum absolute atomic E-state index is 12.7. The van der Waals surface area contributed by atoms with Gasteiger partial charge >= 0.3 is 12.1 Å². The molecule has 2 aromatic carbocycles.